The standard InChI is InChI=1S/C17H26N6O5/c1-2-8(6-13(25)21-11(16(27)28)3-4-12(18)24)9-5-10-14(20-7-9)22-17(19)23-15(10)26/h8-9,11H,2-7H2,1H3,(H2,18,24)(H,21,25)(H,27,28)(H4,19,20,22,23,26)/t8-,9-,11-/m0/s1. The van der Waals surface area contributed by atoms with Gasteiger partial charge in [-0.15, -0.1) is 0 Å². The summed E-state index contributed by atoms with van der Waals surface area (Å²) in [5.41, 5.74) is 10.8. The molecule has 1 aliphatic heterocycles. The van der Waals surface area contributed by atoms with Crippen molar-refractivity contribution in [2.45, 2.75) is 45.1 Å². The van der Waals surface area contributed by atoms with E-state index in [4.69, 9.17) is 11.5 Å². The summed E-state index contributed by atoms with van der Waals surface area (Å²) < 4.78 is 0. The van der Waals surface area contributed by atoms with Crippen LogP contribution in [0.25, 0.3) is 0 Å². The van der Waals surface area contributed by atoms with Crippen molar-refractivity contribution in [3.05, 3.63) is 15.9 Å². The molecule has 28 heavy (non-hydrogen) atoms. The van der Waals surface area contributed by atoms with E-state index in [1.54, 1.807) is 0 Å². The van der Waals surface area contributed by atoms with Crippen LogP contribution in [0.1, 0.15) is 38.2 Å². The summed E-state index contributed by atoms with van der Waals surface area (Å²) in [5, 5.41) is 14.7. The SMILES string of the molecule is CC[C@@H](CC(=O)N[C@@H](CCC(N)=O)C(=O)O)[C@@H]1CNc2nc(N)[nH]c(=O)c2C1. The first kappa shape index (κ1) is 21.2. The number of carboxylic acids is 1. The third-order valence-corrected chi connectivity index (χ3v) is 4.98. The number of fused-ring (bicyclic) bond motifs is 1. The van der Waals surface area contributed by atoms with Crippen molar-refractivity contribution in [2.75, 3.05) is 17.6 Å². The van der Waals surface area contributed by atoms with E-state index in [9.17, 15) is 24.3 Å². The van der Waals surface area contributed by atoms with E-state index < -0.39 is 23.8 Å². The molecule has 0 spiro atoms. The van der Waals surface area contributed by atoms with Crippen LogP contribution < -0.4 is 27.7 Å². The Hall–Kier alpha value is -3.11. The van der Waals surface area contributed by atoms with E-state index in [0.717, 1.165) is 0 Å². The second-order valence-electron chi connectivity index (χ2n) is 6.96. The molecule has 154 valence electrons. The summed E-state index contributed by atoms with van der Waals surface area (Å²) >= 11 is 0. The molecule has 0 fully saturated rings. The maximum Gasteiger partial charge on any atom is 0.326 e. The molecule has 11 nitrogen and oxygen atoms in total. The number of H-pyrrole nitrogens is 1. The summed E-state index contributed by atoms with van der Waals surface area (Å²) in [6.45, 7) is 2.46. The Morgan fingerprint density at radius 1 is 1.39 bits per heavy atom. The zero-order valence-corrected chi connectivity index (χ0v) is 15.7. The predicted molar refractivity (Wildman–Crippen MR) is 101 cm³/mol. The van der Waals surface area contributed by atoms with Crippen LogP contribution in [0, 0.1) is 11.8 Å². The number of rotatable bonds is 9. The van der Waals surface area contributed by atoms with Gasteiger partial charge in [0.15, 0.2) is 0 Å². The lowest BCUT2D eigenvalue weighted by Gasteiger charge is -2.31. The molecule has 0 bridgehead atoms. The van der Waals surface area contributed by atoms with Gasteiger partial charge in [-0.1, -0.05) is 13.3 Å². The van der Waals surface area contributed by atoms with Crippen LogP contribution in [0.2, 0.25) is 0 Å². The van der Waals surface area contributed by atoms with Crippen LogP contribution in [-0.2, 0) is 20.8 Å². The van der Waals surface area contributed by atoms with Gasteiger partial charge in [0.25, 0.3) is 5.56 Å². The number of aliphatic carboxylic acids is 1. The van der Waals surface area contributed by atoms with Crippen molar-refractivity contribution >= 4 is 29.5 Å². The highest BCUT2D eigenvalue weighted by Gasteiger charge is 2.30. The molecule has 2 rings (SSSR count). The van der Waals surface area contributed by atoms with Crippen LogP contribution in [0.3, 0.4) is 0 Å². The number of nitrogens with zero attached hydrogens (tertiary/aromatic N) is 1. The summed E-state index contributed by atoms with van der Waals surface area (Å²) in [6, 6.07) is -1.17. The first-order valence-electron chi connectivity index (χ1n) is 9.14. The molecule has 3 atom stereocenters. The average Bonchev–Trinajstić information content (AvgIpc) is 2.62. The maximum absolute atomic E-state index is 12.4. The lowest BCUT2D eigenvalue weighted by atomic mass is 9.81. The molecular formula is C17H26N6O5. The molecule has 11 heteroatoms. The zero-order valence-electron chi connectivity index (χ0n) is 15.7. The number of anilines is 2. The van der Waals surface area contributed by atoms with E-state index >= 15 is 0 Å². The first-order valence-corrected chi connectivity index (χ1v) is 9.14. The number of aromatic amines is 1. The number of carbonyl (C=O) groups excluding carboxylic acids is 2. The second kappa shape index (κ2) is 9.20. The monoisotopic (exact) mass is 394 g/mol. The average molecular weight is 394 g/mol. The van der Waals surface area contributed by atoms with Gasteiger partial charge in [0.2, 0.25) is 17.8 Å². The third-order valence-electron chi connectivity index (χ3n) is 4.98. The smallest absolute Gasteiger partial charge is 0.326 e. The molecule has 0 saturated carbocycles. The fraction of sp³-hybridized carbons (Fsp3) is 0.588. The van der Waals surface area contributed by atoms with E-state index in [-0.39, 0.29) is 42.6 Å². The van der Waals surface area contributed by atoms with Gasteiger partial charge >= 0.3 is 5.97 Å². The Morgan fingerprint density at radius 3 is 2.71 bits per heavy atom. The summed E-state index contributed by atoms with van der Waals surface area (Å²) in [6.07, 6.45) is 1.04. The highest BCUT2D eigenvalue weighted by Crippen LogP contribution is 2.29. The number of carboxylic acid groups (broad SMARTS) is 1. The number of primary amides is 1. The lowest BCUT2D eigenvalue weighted by molar-refractivity contribution is -0.142. The minimum Gasteiger partial charge on any atom is -0.480 e. The van der Waals surface area contributed by atoms with Crippen molar-refractivity contribution in [3.8, 4) is 0 Å². The highest BCUT2D eigenvalue weighted by atomic mass is 16.4. The molecule has 8 N–H and O–H groups in total. The summed E-state index contributed by atoms with van der Waals surface area (Å²) in [4.78, 5) is 53.2. The van der Waals surface area contributed by atoms with Crippen LogP contribution in [0.15, 0.2) is 4.79 Å². The first-order chi connectivity index (χ1) is 13.2. The topological polar surface area (TPSA) is 193 Å². The van der Waals surface area contributed by atoms with Crippen molar-refractivity contribution in [3.63, 3.8) is 0 Å². The number of nitrogens with one attached hydrogen (secondary N) is 3. The number of nitrogen functional groups attached to an aromatic ring is 1. The fourth-order valence-electron chi connectivity index (χ4n) is 3.43. The van der Waals surface area contributed by atoms with Gasteiger partial charge in [0, 0.05) is 19.4 Å². The Kier molecular flexibility index (Phi) is 6.96. The number of nitrogens with two attached hydrogens (primary N) is 2. The summed E-state index contributed by atoms with van der Waals surface area (Å²) in [7, 11) is 0. The van der Waals surface area contributed by atoms with Crippen molar-refractivity contribution in [1.29, 1.82) is 0 Å². The third kappa shape index (κ3) is 5.44. The Bertz CT molecular complexity index is 808. The van der Waals surface area contributed by atoms with E-state index in [1.807, 2.05) is 6.92 Å². The molecule has 1 aliphatic rings. The van der Waals surface area contributed by atoms with Gasteiger partial charge in [-0.3, -0.25) is 19.4 Å². The molecule has 0 aliphatic carbocycles. The van der Waals surface area contributed by atoms with Crippen LogP contribution in [-0.4, -0.2) is 45.4 Å². The van der Waals surface area contributed by atoms with E-state index in [0.29, 0.717) is 30.8 Å². The molecule has 0 saturated heterocycles. The number of carbonyl (C=O) groups is 3. The largest absolute Gasteiger partial charge is 0.480 e. The molecule has 2 heterocycles. The zero-order chi connectivity index (χ0) is 20.8. The Balaban J connectivity index is 2.01. The lowest BCUT2D eigenvalue weighted by Crippen LogP contribution is -2.43. The molecular weight excluding hydrogens is 368 g/mol. The predicted octanol–water partition coefficient (Wildman–Crippen LogP) is -0.812. The quantitative estimate of drug-likeness (QED) is 0.313. The second-order valence-corrected chi connectivity index (χ2v) is 6.96. The molecule has 1 aromatic rings. The maximum atomic E-state index is 12.4. The number of aromatic nitrogens is 2. The number of amides is 2. The number of hydrogen-bond donors (Lipinski definition) is 6. The van der Waals surface area contributed by atoms with Crippen molar-refractivity contribution < 1.29 is 19.5 Å². The Labute approximate surface area is 161 Å². The van der Waals surface area contributed by atoms with E-state index in [1.165, 1.54) is 0 Å². The fourth-order valence-corrected chi connectivity index (χ4v) is 3.43. The minimum atomic E-state index is -1.22. The molecule has 2 amide bonds. The highest BCUT2D eigenvalue weighted by molar-refractivity contribution is 5.84. The van der Waals surface area contributed by atoms with Crippen LogP contribution in [0.4, 0.5) is 11.8 Å². The van der Waals surface area contributed by atoms with Gasteiger partial charge in [-0.05, 0) is 24.7 Å². The number of hydrogen-bond acceptors (Lipinski definition) is 7. The van der Waals surface area contributed by atoms with Gasteiger partial charge in [0.05, 0.1) is 5.56 Å². The van der Waals surface area contributed by atoms with Gasteiger partial charge in [0.1, 0.15) is 11.9 Å². The van der Waals surface area contributed by atoms with Gasteiger partial charge in [-0.2, -0.15) is 4.98 Å². The Morgan fingerprint density at radius 2 is 2.11 bits per heavy atom. The van der Waals surface area contributed by atoms with Crippen LogP contribution >= 0.6 is 0 Å². The normalized spacial score (nSPS) is 17.7. The van der Waals surface area contributed by atoms with E-state index in [2.05, 4.69) is 20.6 Å². The summed E-state index contributed by atoms with van der Waals surface area (Å²) in [5.74, 6) is -1.83. The molecule has 1 aromatic heterocycles. The molecule has 0 unspecified atom stereocenters. The van der Waals surface area contributed by atoms with Gasteiger partial charge in [-0.25, -0.2) is 4.79 Å². The van der Waals surface area contributed by atoms with Crippen LogP contribution in [0.5, 0.6) is 0 Å². The van der Waals surface area contributed by atoms with Gasteiger partial charge < -0.3 is 27.2 Å². The van der Waals surface area contributed by atoms with Crippen molar-refractivity contribution in [1.82, 2.24) is 15.3 Å². The molecule has 0 aromatic carbocycles. The molecule has 0 radical (unpaired) electrons. The minimum absolute atomic E-state index is 0.00340. The van der Waals surface area contributed by atoms with Crippen molar-refractivity contribution in [2.24, 2.45) is 17.6 Å².